The Hall–Kier alpha value is -1.75. The molecule has 1 saturated heterocycles. The molecule has 0 aromatic heterocycles. The Kier molecular flexibility index (Phi) is 3.43. The zero-order chi connectivity index (χ0) is 13.3. The number of carbonyl (C=O) groups is 1. The topological polar surface area (TPSA) is 86.8 Å². The summed E-state index contributed by atoms with van der Waals surface area (Å²) in [5, 5.41) is 19.0. The van der Waals surface area contributed by atoms with Crippen LogP contribution < -0.4 is 5.73 Å². The number of aliphatic hydroxyl groups excluding tert-OH is 1. The molecule has 5 heteroatoms. The van der Waals surface area contributed by atoms with Gasteiger partial charge < -0.3 is 20.8 Å². The number of rotatable bonds is 2. The summed E-state index contributed by atoms with van der Waals surface area (Å²) in [5.41, 5.74) is 6.18. The molecule has 1 aliphatic heterocycles. The van der Waals surface area contributed by atoms with Crippen LogP contribution in [-0.2, 0) is 0 Å². The van der Waals surface area contributed by atoms with E-state index >= 15 is 0 Å². The fourth-order valence-electron chi connectivity index (χ4n) is 2.22. The van der Waals surface area contributed by atoms with E-state index in [2.05, 4.69) is 0 Å². The van der Waals surface area contributed by atoms with Crippen LogP contribution in [0, 0.1) is 5.92 Å². The number of hydrogen-bond donors (Lipinski definition) is 3. The first-order valence-electron chi connectivity index (χ1n) is 6.05. The number of carbonyl (C=O) groups excluding carboxylic acids is 1. The predicted octanol–water partition coefficient (Wildman–Crippen LogP) is 0.817. The number of hydrogen-bond acceptors (Lipinski definition) is 4. The van der Waals surface area contributed by atoms with E-state index in [0.717, 1.165) is 6.42 Å². The first-order valence-corrected chi connectivity index (χ1v) is 6.05. The van der Waals surface area contributed by atoms with Crippen LogP contribution in [0.15, 0.2) is 18.2 Å². The predicted molar refractivity (Wildman–Crippen MR) is 68.2 cm³/mol. The van der Waals surface area contributed by atoms with Crippen LogP contribution in [0.1, 0.15) is 23.7 Å². The molecule has 0 spiro atoms. The summed E-state index contributed by atoms with van der Waals surface area (Å²) in [6.07, 6.45) is 0.410. The van der Waals surface area contributed by atoms with Crippen LogP contribution in [0.2, 0.25) is 0 Å². The summed E-state index contributed by atoms with van der Waals surface area (Å²) in [6, 6.07) is 4.51. The van der Waals surface area contributed by atoms with Gasteiger partial charge in [0.1, 0.15) is 5.75 Å². The Bertz CT molecular complexity index is 460. The Labute approximate surface area is 106 Å². The number of nitrogens with zero attached hydrogens (tertiary/aromatic N) is 1. The van der Waals surface area contributed by atoms with E-state index in [1.807, 2.05) is 0 Å². The van der Waals surface area contributed by atoms with Crippen molar-refractivity contribution >= 4 is 11.6 Å². The van der Waals surface area contributed by atoms with E-state index in [4.69, 9.17) is 5.73 Å². The number of benzene rings is 1. The highest BCUT2D eigenvalue weighted by Crippen LogP contribution is 2.25. The van der Waals surface area contributed by atoms with Crippen LogP contribution in [0.5, 0.6) is 5.75 Å². The Morgan fingerprint density at radius 3 is 2.83 bits per heavy atom. The van der Waals surface area contributed by atoms with E-state index in [1.54, 1.807) is 17.9 Å². The van der Waals surface area contributed by atoms with Crippen LogP contribution >= 0.6 is 0 Å². The van der Waals surface area contributed by atoms with Crippen molar-refractivity contribution in [2.75, 3.05) is 18.8 Å². The lowest BCUT2D eigenvalue weighted by molar-refractivity contribution is 0.0762. The van der Waals surface area contributed by atoms with E-state index in [1.165, 1.54) is 12.1 Å². The van der Waals surface area contributed by atoms with Gasteiger partial charge in [-0.25, -0.2) is 0 Å². The standard InChI is InChI=1S/C13H18N2O3/c1-8(16)10-4-5-15(7-10)13(18)9-2-3-11(14)12(17)6-9/h2-3,6,8,10,16-17H,4-5,7,14H2,1H3. The largest absolute Gasteiger partial charge is 0.506 e. The minimum Gasteiger partial charge on any atom is -0.506 e. The highest BCUT2D eigenvalue weighted by Gasteiger charge is 2.29. The average Bonchev–Trinajstić information content (AvgIpc) is 2.81. The normalized spacial score (nSPS) is 21.0. The maximum Gasteiger partial charge on any atom is 0.254 e. The quantitative estimate of drug-likeness (QED) is 0.535. The molecular formula is C13H18N2O3. The third-order valence-electron chi connectivity index (χ3n) is 3.47. The van der Waals surface area contributed by atoms with Gasteiger partial charge in [-0.1, -0.05) is 0 Å². The molecule has 2 rings (SSSR count). The molecule has 1 heterocycles. The molecule has 1 aromatic carbocycles. The van der Waals surface area contributed by atoms with Crippen molar-refractivity contribution in [2.24, 2.45) is 5.92 Å². The molecule has 0 saturated carbocycles. The molecule has 0 aliphatic carbocycles. The molecule has 1 aromatic rings. The van der Waals surface area contributed by atoms with Crippen molar-refractivity contribution in [2.45, 2.75) is 19.4 Å². The maximum absolute atomic E-state index is 12.2. The molecule has 1 aliphatic rings. The van der Waals surface area contributed by atoms with E-state index < -0.39 is 6.10 Å². The second-order valence-corrected chi connectivity index (χ2v) is 4.81. The van der Waals surface area contributed by atoms with Crippen molar-refractivity contribution in [3.05, 3.63) is 23.8 Å². The molecular weight excluding hydrogens is 232 g/mol. The summed E-state index contributed by atoms with van der Waals surface area (Å²) < 4.78 is 0. The number of anilines is 1. The summed E-state index contributed by atoms with van der Waals surface area (Å²) >= 11 is 0. The van der Waals surface area contributed by atoms with Crippen molar-refractivity contribution in [3.8, 4) is 5.75 Å². The van der Waals surface area contributed by atoms with Crippen molar-refractivity contribution in [1.82, 2.24) is 4.90 Å². The van der Waals surface area contributed by atoms with Gasteiger partial charge in [-0.15, -0.1) is 0 Å². The van der Waals surface area contributed by atoms with Crippen molar-refractivity contribution in [1.29, 1.82) is 0 Å². The monoisotopic (exact) mass is 250 g/mol. The Morgan fingerprint density at radius 2 is 2.28 bits per heavy atom. The number of nitrogen functional groups attached to an aromatic ring is 1. The van der Waals surface area contributed by atoms with Crippen molar-refractivity contribution in [3.63, 3.8) is 0 Å². The van der Waals surface area contributed by atoms with Gasteiger partial charge in [0.25, 0.3) is 5.91 Å². The maximum atomic E-state index is 12.2. The highest BCUT2D eigenvalue weighted by molar-refractivity contribution is 5.95. The van der Waals surface area contributed by atoms with Gasteiger partial charge in [0, 0.05) is 24.6 Å². The smallest absolute Gasteiger partial charge is 0.254 e. The van der Waals surface area contributed by atoms with Gasteiger partial charge in [-0.05, 0) is 31.5 Å². The average molecular weight is 250 g/mol. The second-order valence-electron chi connectivity index (χ2n) is 4.81. The van der Waals surface area contributed by atoms with E-state index in [9.17, 15) is 15.0 Å². The van der Waals surface area contributed by atoms with Gasteiger partial charge in [0.15, 0.2) is 0 Å². The fourth-order valence-corrected chi connectivity index (χ4v) is 2.22. The van der Waals surface area contributed by atoms with Crippen molar-refractivity contribution < 1.29 is 15.0 Å². The number of aliphatic hydroxyl groups is 1. The number of likely N-dealkylation sites (tertiary alicyclic amines) is 1. The van der Waals surface area contributed by atoms with E-state index in [-0.39, 0.29) is 23.3 Å². The second kappa shape index (κ2) is 4.86. The minimum absolute atomic E-state index is 0.0767. The molecule has 1 fully saturated rings. The third-order valence-corrected chi connectivity index (χ3v) is 3.47. The third kappa shape index (κ3) is 2.41. The van der Waals surface area contributed by atoms with E-state index in [0.29, 0.717) is 18.7 Å². The van der Waals surface area contributed by atoms with Gasteiger partial charge in [0.05, 0.1) is 11.8 Å². The molecule has 4 N–H and O–H groups in total. The zero-order valence-corrected chi connectivity index (χ0v) is 10.3. The summed E-state index contributed by atoms with van der Waals surface area (Å²) in [6.45, 7) is 2.94. The highest BCUT2D eigenvalue weighted by atomic mass is 16.3. The fraction of sp³-hybridized carbons (Fsp3) is 0.462. The van der Waals surface area contributed by atoms with Gasteiger partial charge in [0.2, 0.25) is 0 Å². The van der Waals surface area contributed by atoms with Crippen LogP contribution in [0.25, 0.3) is 0 Å². The Morgan fingerprint density at radius 1 is 1.56 bits per heavy atom. The molecule has 0 radical (unpaired) electrons. The van der Waals surface area contributed by atoms with Crippen LogP contribution in [0.3, 0.4) is 0 Å². The Balaban J connectivity index is 2.10. The lowest BCUT2D eigenvalue weighted by atomic mass is 10.0. The molecule has 1 amide bonds. The molecule has 18 heavy (non-hydrogen) atoms. The summed E-state index contributed by atoms with van der Waals surface area (Å²) in [5.74, 6) is -0.0723. The zero-order valence-electron chi connectivity index (χ0n) is 10.3. The molecule has 2 unspecified atom stereocenters. The first kappa shape index (κ1) is 12.7. The van der Waals surface area contributed by atoms with Gasteiger partial charge in [-0.2, -0.15) is 0 Å². The number of amides is 1. The molecule has 0 bridgehead atoms. The summed E-state index contributed by atoms with van der Waals surface area (Å²) in [7, 11) is 0. The molecule has 2 atom stereocenters. The van der Waals surface area contributed by atoms with Gasteiger partial charge in [-0.3, -0.25) is 4.79 Å². The number of nitrogens with two attached hydrogens (primary N) is 1. The van der Waals surface area contributed by atoms with Gasteiger partial charge >= 0.3 is 0 Å². The minimum atomic E-state index is -0.400. The lowest BCUT2D eigenvalue weighted by Crippen LogP contribution is -2.30. The summed E-state index contributed by atoms with van der Waals surface area (Å²) in [4.78, 5) is 13.9. The van der Waals surface area contributed by atoms with Crippen LogP contribution in [-0.4, -0.2) is 40.2 Å². The molecule has 98 valence electrons. The molecule has 5 nitrogen and oxygen atoms in total. The SMILES string of the molecule is CC(O)C1CCN(C(=O)c2ccc(N)c(O)c2)C1. The number of aromatic hydroxyl groups is 1. The number of phenolic OH excluding ortho intramolecular Hbond substituents is 1. The lowest BCUT2D eigenvalue weighted by Gasteiger charge is -2.18. The first-order chi connectivity index (χ1) is 8.49. The van der Waals surface area contributed by atoms with Crippen LogP contribution in [0.4, 0.5) is 5.69 Å². The number of phenols is 1.